The number of aromatic nitrogens is 4. The Morgan fingerprint density at radius 3 is 2.84 bits per heavy atom. The Morgan fingerprint density at radius 2 is 2.06 bits per heavy atom. The number of esters is 1. The van der Waals surface area contributed by atoms with E-state index in [-0.39, 0.29) is 12.1 Å². The van der Waals surface area contributed by atoms with E-state index < -0.39 is 0 Å². The van der Waals surface area contributed by atoms with Gasteiger partial charge in [-0.2, -0.15) is 0 Å². The second kappa shape index (κ2) is 8.30. The first-order valence-corrected chi connectivity index (χ1v) is 11.3. The third-order valence-corrected chi connectivity index (χ3v) is 5.87. The number of carbonyl (C=O) groups excluding carboxylic acids is 1. The van der Waals surface area contributed by atoms with Gasteiger partial charge in [-0.1, -0.05) is 26.0 Å². The van der Waals surface area contributed by atoms with Crippen molar-refractivity contribution in [2.45, 2.75) is 65.0 Å². The summed E-state index contributed by atoms with van der Waals surface area (Å²) in [5.41, 5.74) is 3.53. The first-order chi connectivity index (χ1) is 15.2. The molecule has 1 fully saturated rings. The number of carbonyl (C=O) groups is 1. The van der Waals surface area contributed by atoms with Gasteiger partial charge in [-0.05, 0) is 37.8 Å². The summed E-state index contributed by atoms with van der Waals surface area (Å²) in [6.45, 7) is 5.61. The van der Waals surface area contributed by atoms with Crippen molar-refractivity contribution in [1.82, 2.24) is 18.9 Å². The molecule has 1 atom stereocenters. The minimum absolute atomic E-state index is 0.154. The minimum Gasteiger partial charge on any atom is -0.424 e. The largest absolute Gasteiger partial charge is 0.424 e. The van der Waals surface area contributed by atoms with Crippen molar-refractivity contribution in [2.75, 3.05) is 6.61 Å². The van der Waals surface area contributed by atoms with Gasteiger partial charge in [0.25, 0.3) is 0 Å². The average molecular weight is 421 g/mol. The molecule has 1 aliphatic rings. The van der Waals surface area contributed by atoms with Gasteiger partial charge in [0, 0.05) is 25.6 Å². The SMILES string of the molecule is CCCC(=O)Oc1cn(C[C@@H]2CCCO2)c2nc(CCC)n3c4ccccc4nc3c12. The summed E-state index contributed by atoms with van der Waals surface area (Å²) in [6, 6.07) is 8.08. The highest BCUT2D eigenvalue weighted by molar-refractivity contribution is 6.00. The van der Waals surface area contributed by atoms with Gasteiger partial charge in [-0.15, -0.1) is 0 Å². The van der Waals surface area contributed by atoms with Crippen LogP contribution in [0.1, 0.15) is 51.8 Å². The van der Waals surface area contributed by atoms with E-state index in [4.69, 9.17) is 19.4 Å². The predicted octanol–water partition coefficient (Wildman–Crippen LogP) is 4.67. The van der Waals surface area contributed by atoms with Gasteiger partial charge in [0.2, 0.25) is 0 Å². The van der Waals surface area contributed by atoms with E-state index >= 15 is 0 Å². The third kappa shape index (κ3) is 3.57. The number of hydrogen-bond acceptors (Lipinski definition) is 5. The fourth-order valence-electron chi connectivity index (χ4n) is 4.47. The molecule has 0 saturated carbocycles. The molecule has 0 radical (unpaired) electrons. The van der Waals surface area contributed by atoms with Crippen LogP contribution in [-0.4, -0.2) is 37.6 Å². The van der Waals surface area contributed by atoms with Crippen molar-refractivity contribution in [3.63, 3.8) is 0 Å². The molecule has 1 saturated heterocycles. The number of aryl methyl sites for hydroxylation is 1. The van der Waals surface area contributed by atoms with E-state index in [0.717, 1.165) is 72.2 Å². The average Bonchev–Trinajstić information content (AvgIpc) is 3.47. The van der Waals surface area contributed by atoms with Crippen molar-refractivity contribution >= 4 is 33.7 Å². The number of ether oxygens (including phenoxy) is 2. The Hall–Kier alpha value is -2.93. The number of hydrogen-bond donors (Lipinski definition) is 0. The Balaban J connectivity index is 1.77. The highest BCUT2D eigenvalue weighted by Gasteiger charge is 2.24. The highest BCUT2D eigenvalue weighted by Crippen LogP contribution is 2.34. The zero-order valence-electron chi connectivity index (χ0n) is 18.1. The molecule has 0 aliphatic carbocycles. The normalized spacial score (nSPS) is 16.6. The van der Waals surface area contributed by atoms with Gasteiger partial charge in [0.15, 0.2) is 11.4 Å². The number of benzene rings is 1. The van der Waals surface area contributed by atoms with Crippen LogP contribution < -0.4 is 4.74 Å². The monoisotopic (exact) mass is 420 g/mol. The third-order valence-electron chi connectivity index (χ3n) is 5.87. The zero-order chi connectivity index (χ0) is 21.4. The molecule has 4 heterocycles. The summed E-state index contributed by atoms with van der Waals surface area (Å²) >= 11 is 0. The molecule has 3 aromatic heterocycles. The number of rotatable bonds is 7. The van der Waals surface area contributed by atoms with Crippen molar-refractivity contribution < 1.29 is 14.3 Å². The smallest absolute Gasteiger partial charge is 0.311 e. The van der Waals surface area contributed by atoms with Gasteiger partial charge in [-0.3, -0.25) is 9.20 Å². The molecule has 5 rings (SSSR count). The topological polar surface area (TPSA) is 70.7 Å². The van der Waals surface area contributed by atoms with E-state index in [1.165, 1.54) is 0 Å². The molecule has 4 aromatic rings. The maximum atomic E-state index is 12.4. The van der Waals surface area contributed by atoms with Crippen molar-refractivity contribution in [3.8, 4) is 5.75 Å². The molecule has 1 aromatic carbocycles. The Bertz CT molecular complexity index is 1250. The van der Waals surface area contributed by atoms with Gasteiger partial charge < -0.3 is 14.0 Å². The molecule has 0 spiro atoms. The molecule has 0 bridgehead atoms. The maximum absolute atomic E-state index is 12.4. The maximum Gasteiger partial charge on any atom is 0.311 e. The molecule has 162 valence electrons. The van der Waals surface area contributed by atoms with Crippen LogP contribution in [0.2, 0.25) is 0 Å². The van der Waals surface area contributed by atoms with Crippen LogP contribution in [0.15, 0.2) is 30.5 Å². The number of nitrogens with zero attached hydrogens (tertiary/aromatic N) is 4. The van der Waals surface area contributed by atoms with Crippen LogP contribution in [0.3, 0.4) is 0 Å². The molecule has 7 heteroatoms. The summed E-state index contributed by atoms with van der Waals surface area (Å²) in [6.07, 6.45) is 7.10. The number of para-hydroxylation sites is 2. The Morgan fingerprint density at radius 1 is 1.19 bits per heavy atom. The van der Waals surface area contributed by atoms with Crippen molar-refractivity contribution in [3.05, 3.63) is 36.3 Å². The van der Waals surface area contributed by atoms with Gasteiger partial charge in [-0.25, -0.2) is 9.97 Å². The molecular weight excluding hydrogens is 392 g/mol. The lowest BCUT2D eigenvalue weighted by Crippen LogP contribution is -2.15. The summed E-state index contributed by atoms with van der Waals surface area (Å²) in [4.78, 5) is 22.4. The summed E-state index contributed by atoms with van der Waals surface area (Å²) < 4.78 is 15.9. The molecule has 0 unspecified atom stereocenters. The van der Waals surface area contributed by atoms with Crippen molar-refractivity contribution in [1.29, 1.82) is 0 Å². The highest BCUT2D eigenvalue weighted by atomic mass is 16.5. The Labute approximate surface area is 181 Å². The predicted molar refractivity (Wildman–Crippen MR) is 120 cm³/mol. The molecule has 1 aliphatic heterocycles. The van der Waals surface area contributed by atoms with Crippen LogP contribution in [0, 0.1) is 0 Å². The summed E-state index contributed by atoms with van der Waals surface area (Å²) in [7, 11) is 0. The summed E-state index contributed by atoms with van der Waals surface area (Å²) in [5, 5.41) is 0.790. The second-order valence-corrected chi connectivity index (χ2v) is 8.24. The second-order valence-electron chi connectivity index (χ2n) is 8.24. The lowest BCUT2D eigenvalue weighted by atomic mass is 10.2. The number of imidazole rings is 1. The fourth-order valence-corrected chi connectivity index (χ4v) is 4.47. The number of fused-ring (bicyclic) bond motifs is 5. The lowest BCUT2D eigenvalue weighted by Gasteiger charge is -2.12. The van der Waals surface area contributed by atoms with E-state index in [2.05, 4.69) is 22.0 Å². The van der Waals surface area contributed by atoms with Crippen LogP contribution in [0.25, 0.3) is 27.7 Å². The standard InChI is InChI=1S/C24H28N4O3/c1-3-8-20-26-23-22(24-25-17-11-5-6-12-18(17)28(20)24)19(31-21(29)9-4-2)15-27(23)14-16-10-7-13-30-16/h5-6,11-12,15-16H,3-4,7-10,13-14H2,1-2H3/t16-/m0/s1. The van der Waals surface area contributed by atoms with Crippen LogP contribution >= 0.6 is 0 Å². The molecule has 0 N–H and O–H groups in total. The lowest BCUT2D eigenvalue weighted by molar-refractivity contribution is -0.134. The van der Waals surface area contributed by atoms with Gasteiger partial charge in [0.1, 0.15) is 16.9 Å². The fraction of sp³-hybridized carbons (Fsp3) is 0.458. The zero-order valence-corrected chi connectivity index (χ0v) is 18.1. The first kappa shape index (κ1) is 20.0. The Kier molecular flexibility index (Phi) is 5.36. The summed E-state index contributed by atoms with van der Waals surface area (Å²) in [5.74, 6) is 1.27. The molecule has 7 nitrogen and oxygen atoms in total. The molecule has 31 heavy (non-hydrogen) atoms. The minimum atomic E-state index is -0.231. The first-order valence-electron chi connectivity index (χ1n) is 11.3. The van der Waals surface area contributed by atoms with Crippen LogP contribution in [0.4, 0.5) is 0 Å². The molecular formula is C24H28N4O3. The van der Waals surface area contributed by atoms with Gasteiger partial charge in [0.05, 0.1) is 23.7 Å². The van der Waals surface area contributed by atoms with Crippen molar-refractivity contribution in [2.24, 2.45) is 0 Å². The van der Waals surface area contributed by atoms with E-state index in [1.54, 1.807) is 0 Å². The van der Waals surface area contributed by atoms with Crippen LogP contribution in [-0.2, 0) is 22.5 Å². The molecule has 0 amide bonds. The van der Waals surface area contributed by atoms with Gasteiger partial charge >= 0.3 is 5.97 Å². The quantitative estimate of drug-likeness (QED) is 0.406. The van der Waals surface area contributed by atoms with E-state index in [9.17, 15) is 4.79 Å². The van der Waals surface area contributed by atoms with Crippen LogP contribution in [0.5, 0.6) is 5.75 Å². The van der Waals surface area contributed by atoms with E-state index in [1.807, 2.05) is 31.3 Å². The van der Waals surface area contributed by atoms with E-state index in [0.29, 0.717) is 18.7 Å².